The second-order valence-corrected chi connectivity index (χ2v) is 10.7. The van der Waals surface area contributed by atoms with E-state index in [1.807, 2.05) is 0 Å². The van der Waals surface area contributed by atoms with E-state index >= 15 is 0 Å². The number of phenolic OH excluding ortho intramolecular Hbond substituents is 1. The van der Waals surface area contributed by atoms with Crippen molar-refractivity contribution < 1.29 is 33.4 Å². The van der Waals surface area contributed by atoms with Crippen LogP contribution in [0.5, 0.6) is 17.4 Å². The van der Waals surface area contributed by atoms with Crippen LogP contribution in [0.1, 0.15) is 67.2 Å². The van der Waals surface area contributed by atoms with E-state index in [2.05, 4.69) is 15.6 Å². The molecule has 210 valence electrons. The number of carbonyl (C=O) groups is 3. The molecule has 3 aromatic rings. The number of aldehydes is 1. The van der Waals surface area contributed by atoms with Crippen LogP contribution in [0, 0.1) is 5.82 Å². The summed E-state index contributed by atoms with van der Waals surface area (Å²) < 4.78 is 25.3. The quantitative estimate of drug-likeness (QED) is 0.320. The van der Waals surface area contributed by atoms with Gasteiger partial charge in [-0.3, -0.25) is 9.59 Å². The van der Waals surface area contributed by atoms with E-state index in [1.54, 1.807) is 51.1 Å². The number of rotatable bonds is 7. The number of benzene rings is 2. The molecule has 1 aliphatic carbocycles. The molecule has 1 fully saturated rings. The molecule has 3 N–H and O–H groups in total. The summed E-state index contributed by atoms with van der Waals surface area (Å²) in [6.45, 7) is 5.40. The third-order valence-corrected chi connectivity index (χ3v) is 6.38. The lowest BCUT2D eigenvalue weighted by Gasteiger charge is -2.30. The van der Waals surface area contributed by atoms with Crippen molar-refractivity contribution in [2.75, 3.05) is 0 Å². The van der Waals surface area contributed by atoms with E-state index in [0.29, 0.717) is 48.8 Å². The molecule has 0 aliphatic heterocycles. The minimum Gasteiger partial charge on any atom is -0.507 e. The highest BCUT2D eigenvalue weighted by molar-refractivity contribution is 5.96. The zero-order chi connectivity index (χ0) is 28.9. The van der Waals surface area contributed by atoms with Gasteiger partial charge in [-0.15, -0.1) is 0 Å². The van der Waals surface area contributed by atoms with Crippen molar-refractivity contribution >= 4 is 18.3 Å². The molecule has 2 amide bonds. The summed E-state index contributed by atoms with van der Waals surface area (Å²) >= 11 is 0. The molecule has 0 atom stereocenters. The molecule has 0 unspecified atom stereocenters. The average Bonchev–Trinajstić information content (AvgIpc) is 2.90. The van der Waals surface area contributed by atoms with Crippen molar-refractivity contribution in [2.24, 2.45) is 0 Å². The van der Waals surface area contributed by atoms with Gasteiger partial charge in [0, 0.05) is 12.1 Å². The number of nitrogens with zero attached hydrogens (tertiary/aromatic N) is 1. The lowest BCUT2D eigenvalue weighted by atomic mass is 9.91. The molecule has 0 spiro atoms. The fraction of sp³-hybridized carbons (Fsp3) is 0.333. The van der Waals surface area contributed by atoms with Gasteiger partial charge < -0.3 is 25.2 Å². The van der Waals surface area contributed by atoms with Crippen LogP contribution in [0.2, 0.25) is 0 Å². The van der Waals surface area contributed by atoms with Gasteiger partial charge in [-0.2, -0.15) is 0 Å². The smallest absolute Gasteiger partial charge is 0.407 e. The standard InChI is InChI=1S/C30H32FN3O6/c1-30(2,3)40-29(38)34-23-11-9-22(10-12-23)33-27(37)25-15-21(31)16-32-28(25)39-24-6-4-5-18(13-24)19-7-8-20(17-35)26(36)14-19/h4-8,13-17,22-23,36H,9-12H2,1-3H3,(H,33,37)(H,34,38). The number of hydrogen-bond donors (Lipinski definition) is 3. The van der Waals surface area contributed by atoms with Crippen LogP contribution >= 0.6 is 0 Å². The highest BCUT2D eigenvalue weighted by atomic mass is 19.1. The Morgan fingerprint density at radius 3 is 2.33 bits per heavy atom. The Morgan fingerprint density at radius 1 is 1.00 bits per heavy atom. The fourth-order valence-electron chi connectivity index (χ4n) is 4.46. The second kappa shape index (κ2) is 12.1. The molecule has 10 heteroatoms. The molecule has 1 aliphatic rings. The second-order valence-electron chi connectivity index (χ2n) is 10.7. The SMILES string of the molecule is CC(C)(C)OC(=O)NC1CCC(NC(=O)c2cc(F)cnc2Oc2cccc(-c3ccc(C=O)c(O)c3)c2)CC1. The summed E-state index contributed by atoms with van der Waals surface area (Å²) in [6, 6.07) is 12.4. The highest BCUT2D eigenvalue weighted by Crippen LogP contribution is 2.31. The topological polar surface area (TPSA) is 127 Å². The molecule has 9 nitrogen and oxygen atoms in total. The summed E-state index contributed by atoms with van der Waals surface area (Å²) in [7, 11) is 0. The fourth-order valence-corrected chi connectivity index (χ4v) is 4.46. The normalized spacial score (nSPS) is 17.0. The number of nitrogens with one attached hydrogen (secondary N) is 2. The summed E-state index contributed by atoms with van der Waals surface area (Å²) in [5.41, 5.74) is 0.883. The third-order valence-electron chi connectivity index (χ3n) is 6.38. The summed E-state index contributed by atoms with van der Waals surface area (Å²) in [6.07, 6.45) is 3.64. The molecule has 0 saturated heterocycles. The van der Waals surface area contributed by atoms with Gasteiger partial charge in [0.15, 0.2) is 6.29 Å². The first-order valence-electron chi connectivity index (χ1n) is 13.0. The number of carbonyl (C=O) groups excluding carboxylic acids is 3. The largest absolute Gasteiger partial charge is 0.507 e. The zero-order valence-electron chi connectivity index (χ0n) is 22.6. The number of pyridine rings is 1. The molecule has 2 aromatic carbocycles. The van der Waals surface area contributed by atoms with Gasteiger partial charge in [-0.05, 0) is 87.9 Å². The molecule has 1 heterocycles. The van der Waals surface area contributed by atoms with Gasteiger partial charge in [0.05, 0.1) is 11.8 Å². The molecular formula is C30H32FN3O6. The average molecular weight is 550 g/mol. The molecule has 1 aromatic heterocycles. The van der Waals surface area contributed by atoms with Crippen LogP contribution in [-0.2, 0) is 4.74 Å². The van der Waals surface area contributed by atoms with E-state index in [1.165, 1.54) is 12.1 Å². The van der Waals surface area contributed by atoms with Crippen molar-refractivity contribution in [1.82, 2.24) is 15.6 Å². The number of hydrogen-bond acceptors (Lipinski definition) is 7. The number of aromatic hydroxyl groups is 1. The molecule has 0 radical (unpaired) electrons. The van der Waals surface area contributed by atoms with Crippen LogP contribution in [-0.4, -0.2) is 46.1 Å². The van der Waals surface area contributed by atoms with E-state index < -0.39 is 23.4 Å². The molecular weight excluding hydrogens is 517 g/mol. The van der Waals surface area contributed by atoms with Crippen LogP contribution in [0.4, 0.5) is 9.18 Å². The van der Waals surface area contributed by atoms with Gasteiger partial charge in [0.2, 0.25) is 5.88 Å². The van der Waals surface area contributed by atoms with Gasteiger partial charge >= 0.3 is 6.09 Å². The van der Waals surface area contributed by atoms with Crippen LogP contribution in [0.15, 0.2) is 54.7 Å². The maximum atomic E-state index is 14.1. The monoisotopic (exact) mass is 549 g/mol. The summed E-state index contributed by atoms with van der Waals surface area (Å²) in [5.74, 6) is -1.06. The van der Waals surface area contributed by atoms with Gasteiger partial charge in [0.1, 0.15) is 28.5 Å². The van der Waals surface area contributed by atoms with E-state index in [0.717, 1.165) is 12.3 Å². The predicted octanol–water partition coefficient (Wildman–Crippen LogP) is 5.76. The first-order valence-corrected chi connectivity index (χ1v) is 13.0. The molecule has 4 rings (SSSR count). The lowest BCUT2D eigenvalue weighted by molar-refractivity contribution is 0.0487. The van der Waals surface area contributed by atoms with Crippen molar-refractivity contribution in [1.29, 1.82) is 0 Å². The Bertz CT molecular complexity index is 1400. The Hall–Kier alpha value is -4.47. The number of halogens is 1. The van der Waals surface area contributed by atoms with Gasteiger partial charge in [-0.25, -0.2) is 14.2 Å². The highest BCUT2D eigenvalue weighted by Gasteiger charge is 2.27. The van der Waals surface area contributed by atoms with Crippen molar-refractivity contribution in [2.45, 2.75) is 64.1 Å². The van der Waals surface area contributed by atoms with Crippen LogP contribution < -0.4 is 15.4 Å². The Labute approximate surface area is 231 Å². The lowest BCUT2D eigenvalue weighted by Crippen LogP contribution is -2.45. The first kappa shape index (κ1) is 28.5. The first-order chi connectivity index (χ1) is 19.0. The summed E-state index contributed by atoms with van der Waals surface area (Å²) in [5, 5.41) is 15.8. The van der Waals surface area contributed by atoms with Crippen molar-refractivity contribution in [3.63, 3.8) is 0 Å². The third kappa shape index (κ3) is 7.56. The zero-order valence-corrected chi connectivity index (χ0v) is 22.6. The Balaban J connectivity index is 1.41. The number of ether oxygens (including phenoxy) is 2. The van der Waals surface area contributed by atoms with E-state index in [4.69, 9.17) is 9.47 Å². The van der Waals surface area contributed by atoms with Crippen molar-refractivity contribution in [3.05, 3.63) is 71.7 Å². The predicted molar refractivity (Wildman–Crippen MR) is 146 cm³/mol. The maximum absolute atomic E-state index is 14.1. The number of aromatic nitrogens is 1. The summed E-state index contributed by atoms with van der Waals surface area (Å²) in [4.78, 5) is 40.2. The van der Waals surface area contributed by atoms with Gasteiger partial charge in [0.25, 0.3) is 5.91 Å². The molecule has 40 heavy (non-hydrogen) atoms. The number of amides is 2. The number of alkyl carbamates (subject to hydrolysis) is 1. The van der Waals surface area contributed by atoms with Crippen molar-refractivity contribution in [3.8, 4) is 28.5 Å². The minimum atomic E-state index is -0.678. The molecule has 0 bridgehead atoms. The Kier molecular flexibility index (Phi) is 8.67. The minimum absolute atomic E-state index is 0.0487. The van der Waals surface area contributed by atoms with Crippen LogP contribution in [0.25, 0.3) is 11.1 Å². The number of phenols is 1. The maximum Gasteiger partial charge on any atom is 0.407 e. The van der Waals surface area contributed by atoms with E-state index in [-0.39, 0.29) is 34.8 Å². The van der Waals surface area contributed by atoms with E-state index in [9.17, 15) is 23.9 Å². The van der Waals surface area contributed by atoms with Crippen LogP contribution in [0.3, 0.4) is 0 Å². The Morgan fingerprint density at radius 2 is 1.68 bits per heavy atom. The van der Waals surface area contributed by atoms with Gasteiger partial charge in [-0.1, -0.05) is 18.2 Å². The molecule has 1 saturated carbocycles.